The standard InChI is InChI=1S/C23H17FN2O2/c24-18-12-10-16(11-13-18)14-25-22(27)19-8-4-5-9-20(19)23-26-15-21(28-23)17-6-2-1-3-7-17/h1-13,15H,14H2,(H,25,27). The molecular weight excluding hydrogens is 355 g/mol. The van der Waals surface area contributed by atoms with E-state index in [1.807, 2.05) is 36.4 Å². The lowest BCUT2D eigenvalue weighted by Crippen LogP contribution is -2.23. The van der Waals surface area contributed by atoms with Gasteiger partial charge in [0.05, 0.1) is 11.8 Å². The van der Waals surface area contributed by atoms with E-state index in [1.54, 1.807) is 36.5 Å². The van der Waals surface area contributed by atoms with Gasteiger partial charge in [-0.3, -0.25) is 4.79 Å². The zero-order chi connectivity index (χ0) is 19.3. The first-order valence-corrected chi connectivity index (χ1v) is 8.84. The Morgan fingerprint density at radius 2 is 1.64 bits per heavy atom. The van der Waals surface area contributed by atoms with Gasteiger partial charge in [0.1, 0.15) is 5.82 Å². The molecule has 0 saturated heterocycles. The van der Waals surface area contributed by atoms with Crippen LogP contribution >= 0.6 is 0 Å². The van der Waals surface area contributed by atoms with Crippen molar-refractivity contribution in [2.75, 3.05) is 0 Å². The van der Waals surface area contributed by atoms with Crippen LogP contribution in [-0.4, -0.2) is 10.9 Å². The second-order valence-corrected chi connectivity index (χ2v) is 6.25. The minimum atomic E-state index is -0.307. The SMILES string of the molecule is O=C(NCc1ccc(F)cc1)c1ccccc1-c1ncc(-c2ccccc2)o1. The van der Waals surface area contributed by atoms with E-state index >= 15 is 0 Å². The van der Waals surface area contributed by atoms with Gasteiger partial charge in [-0.1, -0.05) is 54.6 Å². The molecule has 0 spiro atoms. The number of rotatable bonds is 5. The van der Waals surface area contributed by atoms with Crippen molar-refractivity contribution in [3.8, 4) is 22.8 Å². The predicted molar refractivity (Wildman–Crippen MR) is 105 cm³/mol. The summed E-state index contributed by atoms with van der Waals surface area (Å²) in [6, 6.07) is 22.8. The number of halogens is 1. The first-order valence-electron chi connectivity index (χ1n) is 8.84. The van der Waals surface area contributed by atoms with E-state index in [2.05, 4.69) is 10.3 Å². The molecule has 3 aromatic carbocycles. The van der Waals surface area contributed by atoms with Crippen molar-refractivity contribution >= 4 is 5.91 Å². The Morgan fingerprint density at radius 1 is 0.929 bits per heavy atom. The molecule has 1 N–H and O–H groups in total. The van der Waals surface area contributed by atoms with Crippen LogP contribution in [0.3, 0.4) is 0 Å². The fourth-order valence-electron chi connectivity index (χ4n) is 2.88. The van der Waals surface area contributed by atoms with Gasteiger partial charge in [0.2, 0.25) is 5.89 Å². The highest BCUT2D eigenvalue weighted by atomic mass is 19.1. The van der Waals surface area contributed by atoms with E-state index < -0.39 is 0 Å². The van der Waals surface area contributed by atoms with Gasteiger partial charge in [0.15, 0.2) is 5.76 Å². The summed E-state index contributed by atoms with van der Waals surface area (Å²) >= 11 is 0. The highest BCUT2D eigenvalue weighted by molar-refractivity contribution is 6.00. The summed E-state index contributed by atoms with van der Waals surface area (Å²) in [5.74, 6) is 0.460. The van der Waals surface area contributed by atoms with Crippen LogP contribution in [0.25, 0.3) is 22.8 Å². The first kappa shape index (κ1) is 17.7. The van der Waals surface area contributed by atoms with Gasteiger partial charge in [-0.25, -0.2) is 9.37 Å². The van der Waals surface area contributed by atoms with Crippen LogP contribution in [0.1, 0.15) is 15.9 Å². The third-order valence-corrected chi connectivity index (χ3v) is 4.33. The monoisotopic (exact) mass is 372 g/mol. The molecule has 0 radical (unpaired) electrons. The average molecular weight is 372 g/mol. The first-order chi connectivity index (χ1) is 13.7. The lowest BCUT2D eigenvalue weighted by Gasteiger charge is -2.08. The van der Waals surface area contributed by atoms with E-state index in [-0.39, 0.29) is 11.7 Å². The number of nitrogens with zero attached hydrogens (tertiary/aromatic N) is 1. The van der Waals surface area contributed by atoms with Gasteiger partial charge in [-0.2, -0.15) is 0 Å². The summed E-state index contributed by atoms with van der Waals surface area (Å²) in [6.45, 7) is 0.300. The van der Waals surface area contributed by atoms with E-state index in [0.29, 0.717) is 29.3 Å². The lowest BCUT2D eigenvalue weighted by atomic mass is 10.1. The number of carbonyl (C=O) groups is 1. The van der Waals surface area contributed by atoms with Crippen molar-refractivity contribution in [1.29, 1.82) is 0 Å². The second-order valence-electron chi connectivity index (χ2n) is 6.25. The molecule has 0 aliphatic heterocycles. The summed E-state index contributed by atoms with van der Waals surface area (Å²) in [5.41, 5.74) is 2.81. The number of benzene rings is 3. The summed E-state index contributed by atoms with van der Waals surface area (Å²) in [5, 5.41) is 2.85. The van der Waals surface area contributed by atoms with E-state index in [4.69, 9.17) is 4.42 Å². The van der Waals surface area contributed by atoms with Crippen LogP contribution in [0.4, 0.5) is 4.39 Å². The maximum Gasteiger partial charge on any atom is 0.252 e. The van der Waals surface area contributed by atoms with Crippen LogP contribution in [0.15, 0.2) is 89.5 Å². The highest BCUT2D eigenvalue weighted by Gasteiger charge is 2.16. The van der Waals surface area contributed by atoms with Crippen molar-refractivity contribution in [2.45, 2.75) is 6.54 Å². The fourth-order valence-corrected chi connectivity index (χ4v) is 2.88. The minimum absolute atomic E-state index is 0.251. The third-order valence-electron chi connectivity index (χ3n) is 4.33. The number of oxazole rings is 1. The maximum absolute atomic E-state index is 13.0. The van der Waals surface area contributed by atoms with Crippen LogP contribution in [0, 0.1) is 5.82 Å². The largest absolute Gasteiger partial charge is 0.436 e. The number of aromatic nitrogens is 1. The van der Waals surface area contributed by atoms with E-state index in [9.17, 15) is 9.18 Å². The minimum Gasteiger partial charge on any atom is -0.436 e. The predicted octanol–water partition coefficient (Wildman–Crippen LogP) is 5.08. The number of nitrogens with one attached hydrogen (secondary N) is 1. The summed E-state index contributed by atoms with van der Waals surface area (Å²) in [7, 11) is 0. The Balaban J connectivity index is 1.56. The molecule has 1 aromatic heterocycles. The van der Waals surface area contributed by atoms with Gasteiger partial charge < -0.3 is 9.73 Å². The molecule has 0 unspecified atom stereocenters. The molecule has 4 aromatic rings. The summed E-state index contributed by atoms with van der Waals surface area (Å²) in [4.78, 5) is 17.0. The van der Waals surface area contributed by atoms with Crippen molar-refractivity contribution in [2.24, 2.45) is 0 Å². The van der Waals surface area contributed by atoms with Crippen LogP contribution < -0.4 is 5.32 Å². The highest BCUT2D eigenvalue weighted by Crippen LogP contribution is 2.28. The number of hydrogen-bond acceptors (Lipinski definition) is 3. The second kappa shape index (κ2) is 7.88. The van der Waals surface area contributed by atoms with Gasteiger partial charge in [0, 0.05) is 17.7 Å². The van der Waals surface area contributed by atoms with E-state index in [0.717, 1.165) is 11.1 Å². The third kappa shape index (κ3) is 3.83. The van der Waals surface area contributed by atoms with Crippen molar-refractivity contribution in [1.82, 2.24) is 10.3 Å². The van der Waals surface area contributed by atoms with Crippen molar-refractivity contribution in [3.05, 3.63) is 102 Å². The molecule has 0 aliphatic carbocycles. The normalized spacial score (nSPS) is 10.6. The quantitative estimate of drug-likeness (QED) is 0.532. The molecule has 4 rings (SSSR count). The molecule has 0 bridgehead atoms. The Morgan fingerprint density at radius 3 is 2.43 bits per heavy atom. The zero-order valence-electron chi connectivity index (χ0n) is 14.9. The summed E-state index contributed by atoms with van der Waals surface area (Å²) in [6.07, 6.45) is 1.65. The molecule has 4 nitrogen and oxygen atoms in total. The molecule has 28 heavy (non-hydrogen) atoms. The van der Waals surface area contributed by atoms with Crippen molar-refractivity contribution < 1.29 is 13.6 Å². The maximum atomic E-state index is 13.0. The molecule has 1 heterocycles. The van der Waals surface area contributed by atoms with Gasteiger partial charge in [-0.15, -0.1) is 0 Å². The number of amides is 1. The molecule has 0 aliphatic rings. The Hall–Kier alpha value is -3.73. The topological polar surface area (TPSA) is 55.1 Å². The zero-order valence-corrected chi connectivity index (χ0v) is 14.9. The van der Waals surface area contributed by atoms with Gasteiger partial charge >= 0.3 is 0 Å². The number of hydrogen-bond donors (Lipinski definition) is 1. The van der Waals surface area contributed by atoms with Crippen LogP contribution in [0.5, 0.6) is 0 Å². The molecule has 138 valence electrons. The molecule has 0 fully saturated rings. The Bertz CT molecular complexity index is 1090. The van der Waals surface area contributed by atoms with E-state index in [1.165, 1.54) is 12.1 Å². The number of carbonyl (C=O) groups excluding carboxylic acids is 1. The Kier molecular flexibility index (Phi) is 4.97. The molecular formula is C23H17FN2O2. The lowest BCUT2D eigenvalue weighted by molar-refractivity contribution is 0.0951. The molecule has 0 saturated carbocycles. The van der Waals surface area contributed by atoms with Gasteiger partial charge in [-0.05, 0) is 29.8 Å². The van der Waals surface area contributed by atoms with Gasteiger partial charge in [0.25, 0.3) is 5.91 Å². The van der Waals surface area contributed by atoms with Crippen LogP contribution in [-0.2, 0) is 6.54 Å². The molecule has 1 amide bonds. The summed E-state index contributed by atoms with van der Waals surface area (Å²) < 4.78 is 18.9. The fraction of sp³-hybridized carbons (Fsp3) is 0.0435. The smallest absolute Gasteiger partial charge is 0.252 e. The van der Waals surface area contributed by atoms with Crippen molar-refractivity contribution in [3.63, 3.8) is 0 Å². The average Bonchev–Trinajstić information content (AvgIpc) is 3.24. The molecule has 5 heteroatoms. The molecule has 0 atom stereocenters. The van der Waals surface area contributed by atoms with Crippen LogP contribution in [0.2, 0.25) is 0 Å². The Labute approximate surface area is 161 Å².